The van der Waals surface area contributed by atoms with Gasteiger partial charge in [-0.15, -0.1) is 4.73 Å². The van der Waals surface area contributed by atoms with E-state index >= 15 is 0 Å². The molecule has 0 spiro atoms. The maximum Gasteiger partial charge on any atom is 0.333 e. The van der Waals surface area contributed by atoms with E-state index < -0.39 is 21.5 Å². The third-order valence-corrected chi connectivity index (χ3v) is 12.3. The Balaban J connectivity index is 1.41. The Hall–Kier alpha value is -5.05. The molecule has 2 aromatic rings. The summed E-state index contributed by atoms with van der Waals surface area (Å²) in [7, 11) is -1.18. The second kappa shape index (κ2) is 25.5. The highest BCUT2D eigenvalue weighted by molar-refractivity contribution is 7.85. The molecule has 1 aliphatic carbocycles. The molecule has 0 fully saturated rings. The van der Waals surface area contributed by atoms with Crippen molar-refractivity contribution in [2.24, 2.45) is 0 Å². The molecule has 0 saturated carbocycles. The molecular weight excluding hydrogens is 899 g/mol. The van der Waals surface area contributed by atoms with Crippen LogP contribution in [0.2, 0.25) is 0 Å². The fourth-order valence-corrected chi connectivity index (χ4v) is 8.22. The molecule has 0 saturated heterocycles. The van der Waals surface area contributed by atoms with E-state index in [4.69, 9.17) is 37.7 Å². The molecule has 374 valence electrons. The standard InChI is InChI=1S/C50H69N3O14S/c1-49(2,3)45-34-37(40-17-15-38(35-43(40)66-45)51(22-24-62-30-32-64-28-26-60-6)23-25-63-31-33-65-29-27-61-7)12-11-13-44-50(4,5)41-36-39(68(57,58)59)16-18-42(41)52(44)21-10-8-9-14-48(56)67-53-46(54)19-20-47(53)55/h11-13,15-20,34-36H,8-10,14,21-33H2,1-7H3,(H2-,54,55,57,58,59)/p+1. The summed E-state index contributed by atoms with van der Waals surface area (Å²) in [6.07, 6.45) is 7.97. The van der Waals surface area contributed by atoms with Gasteiger partial charge in [0.25, 0.3) is 10.1 Å². The fourth-order valence-electron chi connectivity index (χ4n) is 7.71. The highest BCUT2D eigenvalue weighted by atomic mass is 32.2. The molecule has 68 heavy (non-hydrogen) atoms. The van der Waals surface area contributed by atoms with E-state index in [0.29, 0.717) is 115 Å². The molecule has 5 rings (SSSR count). The molecule has 1 aromatic carbocycles. The Morgan fingerprint density at radius 2 is 1.38 bits per heavy atom. The molecule has 0 bridgehead atoms. The van der Waals surface area contributed by atoms with Crippen molar-refractivity contribution < 1.29 is 65.7 Å². The van der Waals surface area contributed by atoms with E-state index in [1.54, 1.807) is 20.3 Å². The summed E-state index contributed by atoms with van der Waals surface area (Å²) in [5.74, 6) is 0.137. The summed E-state index contributed by atoms with van der Waals surface area (Å²) in [4.78, 5) is 19.5. The van der Waals surface area contributed by atoms with E-state index in [1.807, 2.05) is 26.0 Å². The van der Waals surface area contributed by atoms with Gasteiger partial charge in [0.05, 0.1) is 63.8 Å². The Labute approximate surface area is 400 Å². The lowest BCUT2D eigenvalue weighted by atomic mass is 9.83. The van der Waals surface area contributed by atoms with Crippen molar-refractivity contribution >= 4 is 27.9 Å². The van der Waals surface area contributed by atoms with Crippen molar-refractivity contribution in [1.29, 1.82) is 0 Å². The number of aromatic hydroxyl groups is 2. The van der Waals surface area contributed by atoms with Gasteiger partial charge in [0, 0.05) is 73.2 Å². The van der Waals surface area contributed by atoms with Crippen LogP contribution in [0.4, 0.5) is 5.69 Å². The lowest BCUT2D eigenvalue weighted by Gasteiger charge is -2.27. The Morgan fingerprint density at radius 1 is 0.779 bits per heavy atom. The molecule has 3 aliphatic rings. The van der Waals surface area contributed by atoms with Gasteiger partial charge in [0.2, 0.25) is 17.1 Å². The summed E-state index contributed by atoms with van der Waals surface area (Å²) in [6.45, 7) is 17.0. The number of ether oxygens (including phenoxy) is 6. The minimum absolute atomic E-state index is 0.0657. The van der Waals surface area contributed by atoms with Crippen LogP contribution < -0.4 is 19.7 Å². The molecule has 18 heteroatoms. The number of methoxy groups -OCH3 is 2. The number of unbranched alkanes of at least 4 members (excludes halogenated alkanes) is 2. The van der Waals surface area contributed by atoms with E-state index in [2.05, 4.69) is 60.6 Å². The first-order chi connectivity index (χ1) is 32.4. The Bertz CT molecular complexity index is 2420. The summed E-state index contributed by atoms with van der Waals surface area (Å²) in [5, 5.41) is 20.6. The summed E-state index contributed by atoms with van der Waals surface area (Å²) in [6, 6.07) is 15.4. The third-order valence-electron chi connectivity index (χ3n) is 11.5. The first kappa shape index (κ1) is 53.9. The van der Waals surface area contributed by atoms with Crippen LogP contribution in [0.3, 0.4) is 0 Å². The van der Waals surface area contributed by atoms with Gasteiger partial charge in [-0.2, -0.15) is 8.42 Å². The van der Waals surface area contributed by atoms with Crippen molar-refractivity contribution in [3.05, 3.63) is 94.7 Å². The van der Waals surface area contributed by atoms with Gasteiger partial charge in [0.15, 0.2) is 13.1 Å². The number of hydrogen-bond donors (Lipinski definition) is 3. The topological polar surface area (TPSA) is 201 Å². The normalized spacial score (nSPS) is 14.4. The molecule has 1 aromatic heterocycles. The second-order valence-corrected chi connectivity index (χ2v) is 19.3. The lowest BCUT2D eigenvalue weighted by Crippen LogP contribution is -2.36. The predicted molar refractivity (Wildman–Crippen MR) is 258 cm³/mol. The van der Waals surface area contributed by atoms with Gasteiger partial charge < -0.3 is 52.8 Å². The lowest BCUT2D eigenvalue weighted by molar-refractivity contribution is -0.145. The van der Waals surface area contributed by atoms with E-state index in [1.165, 1.54) is 24.3 Å². The molecule has 0 unspecified atom stereocenters. The zero-order valence-electron chi connectivity index (χ0n) is 40.5. The molecule has 0 radical (unpaired) electrons. The van der Waals surface area contributed by atoms with Gasteiger partial charge in [-0.1, -0.05) is 53.2 Å². The fraction of sp³-hybridized carbons (Fsp3) is 0.520. The van der Waals surface area contributed by atoms with Crippen molar-refractivity contribution in [2.75, 3.05) is 105 Å². The molecule has 0 atom stereocenters. The quantitative estimate of drug-likeness (QED) is 0.0331. The Kier molecular flexibility index (Phi) is 20.2. The van der Waals surface area contributed by atoms with Gasteiger partial charge in [-0.3, -0.25) is 4.55 Å². The van der Waals surface area contributed by atoms with Crippen LogP contribution in [0.15, 0.2) is 81.8 Å². The zero-order chi connectivity index (χ0) is 49.3. The second-order valence-electron chi connectivity index (χ2n) is 17.9. The highest BCUT2D eigenvalue weighted by Gasteiger charge is 2.40. The van der Waals surface area contributed by atoms with Crippen molar-refractivity contribution in [3.8, 4) is 23.1 Å². The molecule has 3 N–H and O–H groups in total. The van der Waals surface area contributed by atoms with Crippen molar-refractivity contribution in [2.45, 2.75) is 76.0 Å². The molecule has 0 amide bonds. The van der Waals surface area contributed by atoms with Crippen LogP contribution in [0.1, 0.15) is 77.2 Å². The number of benzene rings is 2. The smallest absolute Gasteiger partial charge is 0.333 e. The first-order valence-corrected chi connectivity index (χ1v) is 24.4. The minimum Gasteiger partial charge on any atom is -0.492 e. The summed E-state index contributed by atoms with van der Waals surface area (Å²) >= 11 is 0. The van der Waals surface area contributed by atoms with Crippen LogP contribution in [0.25, 0.3) is 17.4 Å². The monoisotopic (exact) mass is 968 g/mol. The number of carbonyl (C=O) groups is 1. The van der Waals surface area contributed by atoms with E-state index in [-0.39, 0.29) is 28.5 Å². The van der Waals surface area contributed by atoms with Crippen molar-refractivity contribution in [1.82, 2.24) is 9.31 Å². The number of fused-ring (bicyclic) bond motifs is 2. The highest BCUT2D eigenvalue weighted by Crippen LogP contribution is 2.48. The first-order valence-electron chi connectivity index (χ1n) is 23.0. The SMILES string of the molecule is COCCOCCOCC[N+](CCOCCOCCOC)=c1ccc2c(C=CC=C3N(CCCCCC(=O)On4c(O)ccc4O)c4ccc(S(=O)(=O)O)cc4C3(C)C)cc(C(C)(C)C)oc-2c1. The van der Waals surface area contributed by atoms with Crippen LogP contribution in [0, 0.1) is 0 Å². The van der Waals surface area contributed by atoms with Gasteiger partial charge in [0.1, 0.15) is 24.7 Å². The maximum atomic E-state index is 12.5. The number of anilines is 1. The maximum absolute atomic E-state index is 12.5. The zero-order valence-corrected chi connectivity index (χ0v) is 41.3. The average Bonchev–Trinajstić information content (AvgIpc) is 3.71. The third kappa shape index (κ3) is 15.2. The number of rotatable bonds is 28. The van der Waals surface area contributed by atoms with Crippen LogP contribution in [0.5, 0.6) is 11.8 Å². The number of allylic oxidation sites excluding steroid dienone is 3. The van der Waals surface area contributed by atoms with Crippen LogP contribution in [-0.4, -0.2) is 134 Å². The summed E-state index contributed by atoms with van der Waals surface area (Å²) < 4.78 is 77.1. The largest absolute Gasteiger partial charge is 0.492 e. The average molecular weight is 969 g/mol. The van der Waals surface area contributed by atoms with Crippen molar-refractivity contribution in [3.63, 3.8) is 0 Å². The minimum atomic E-state index is -4.46. The molecule has 2 aliphatic heterocycles. The summed E-state index contributed by atoms with van der Waals surface area (Å²) in [5.41, 5.74) is 3.37. The molecule has 17 nitrogen and oxygen atoms in total. The number of aromatic nitrogens is 1. The van der Waals surface area contributed by atoms with Gasteiger partial charge >= 0.3 is 5.97 Å². The number of nitrogens with zero attached hydrogens (tertiary/aromatic N) is 3. The Morgan fingerprint density at radius 3 is 1.97 bits per heavy atom. The molecular formula is C50H70N3O14S+. The number of hydrogen-bond acceptors (Lipinski definition) is 14. The van der Waals surface area contributed by atoms with Gasteiger partial charge in [-0.05, 0) is 60.4 Å². The van der Waals surface area contributed by atoms with Crippen LogP contribution >= 0.6 is 0 Å². The number of carbonyl (C=O) groups excluding carboxylic acids is 1. The predicted octanol–water partition coefficient (Wildman–Crippen LogP) is 6.18. The van der Waals surface area contributed by atoms with E-state index in [0.717, 1.165) is 39.2 Å². The van der Waals surface area contributed by atoms with E-state index in [9.17, 15) is 28.0 Å². The van der Waals surface area contributed by atoms with Crippen LogP contribution in [-0.2, 0) is 54.2 Å². The molecule has 3 heterocycles. The van der Waals surface area contributed by atoms with Gasteiger partial charge in [-0.25, -0.2) is 9.37 Å².